The molecule has 1 aliphatic rings. The fourth-order valence-corrected chi connectivity index (χ4v) is 1.82. The summed E-state index contributed by atoms with van der Waals surface area (Å²) in [7, 11) is 0. The molecule has 0 aliphatic carbocycles. The molecule has 2 rings (SSSR count). The molecule has 1 aromatic rings. The van der Waals surface area contributed by atoms with E-state index in [0.717, 1.165) is 38.8 Å². The third-order valence-corrected chi connectivity index (χ3v) is 2.79. The summed E-state index contributed by atoms with van der Waals surface area (Å²) in [5.41, 5.74) is -0.821. The summed E-state index contributed by atoms with van der Waals surface area (Å²) < 4.78 is 38.3. The van der Waals surface area contributed by atoms with Crippen LogP contribution in [0.5, 0.6) is 0 Å². The molecule has 1 saturated heterocycles. The zero-order valence-corrected chi connectivity index (χ0v) is 9.37. The predicted octanol–water partition coefficient (Wildman–Crippen LogP) is 0.807. The van der Waals surface area contributed by atoms with Gasteiger partial charge in [0.25, 0.3) is 0 Å². The molecule has 7 heteroatoms. The van der Waals surface area contributed by atoms with Gasteiger partial charge in [-0.2, -0.15) is 18.3 Å². The van der Waals surface area contributed by atoms with E-state index in [2.05, 4.69) is 15.3 Å². The molecule has 0 bridgehead atoms. The molecule has 0 saturated carbocycles. The van der Waals surface area contributed by atoms with E-state index in [4.69, 9.17) is 0 Å². The van der Waals surface area contributed by atoms with Gasteiger partial charge in [0, 0.05) is 38.9 Å². The second kappa shape index (κ2) is 5.05. The van der Waals surface area contributed by atoms with Gasteiger partial charge >= 0.3 is 6.18 Å². The first-order valence-electron chi connectivity index (χ1n) is 5.59. The smallest absolute Gasteiger partial charge is 0.314 e. The Kier molecular flexibility index (Phi) is 3.68. The van der Waals surface area contributed by atoms with Gasteiger partial charge in [-0.25, -0.2) is 0 Å². The highest BCUT2D eigenvalue weighted by atomic mass is 19.4. The molecule has 0 spiro atoms. The minimum atomic E-state index is -4.35. The summed E-state index contributed by atoms with van der Waals surface area (Å²) >= 11 is 0. The Hall–Kier alpha value is -1.08. The molecule has 2 heterocycles. The fraction of sp³-hybridized carbons (Fsp3) is 0.700. The zero-order valence-electron chi connectivity index (χ0n) is 9.37. The van der Waals surface area contributed by atoms with Crippen LogP contribution in [-0.2, 0) is 12.7 Å². The molecule has 17 heavy (non-hydrogen) atoms. The van der Waals surface area contributed by atoms with Crippen molar-refractivity contribution in [3.63, 3.8) is 0 Å². The minimum Gasteiger partial charge on any atom is -0.314 e. The second-order valence-electron chi connectivity index (χ2n) is 4.05. The van der Waals surface area contributed by atoms with E-state index in [0.29, 0.717) is 6.54 Å². The highest BCUT2D eigenvalue weighted by Gasteiger charge is 2.33. The van der Waals surface area contributed by atoms with Gasteiger partial charge in [0.2, 0.25) is 0 Å². The molecule has 0 aromatic carbocycles. The van der Waals surface area contributed by atoms with Crippen molar-refractivity contribution in [3.05, 3.63) is 18.0 Å². The minimum absolute atomic E-state index is 0.496. The lowest BCUT2D eigenvalue weighted by atomic mass is 10.3. The number of rotatable bonds is 3. The van der Waals surface area contributed by atoms with Crippen LogP contribution in [0.2, 0.25) is 0 Å². The molecule has 1 fully saturated rings. The van der Waals surface area contributed by atoms with Gasteiger partial charge in [0.1, 0.15) is 0 Å². The van der Waals surface area contributed by atoms with Crippen molar-refractivity contribution in [2.45, 2.75) is 12.7 Å². The van der Waals surface area contributed by atoms with E-state index >= 15 is 0 Å². The van der Waals surface area contributed by atoms with E-state index in [1.807, 2.05) is 0 Å². The van der Waals surface area contributed by atoms with Crippen LogP contribution in [0, 0.1) is 0 Å². The third kappa shape index (κ3) is 3.44. The quantitative estimate of drug-likeness (QED) is 0.859. The maximum Gasteiger partial charge on any atom is 0.435 e. The van der Waals surface area contributed by atoms with Gasteiger partial charge in [-0.1, -0.05) is 0 Å². The number of aromatic nitrogens is 2. The number of hydrogen-bond acceptors (Lipinski definition) is 3. The van der Waals surface area contributed by atoms with Gasteiger partial charge in [0.15, 0.2) is 5.69 Å². The number of alkyl halides is 3. The van der Waals surface area contributed by atoms with Crippen LogP contribution in [0.15, 0.2) is 12.3 Å². The monoisotopic (exact) mass is 248 g/mol. The number of nitrogens with one attached hydrogen (secondary N) is 1. The fourth-order valence-electron chi connectivity index (χ4n) is 1.82. The van der Waals surface area contributed by atoms with E-state index in [1.54, 1.807) is 0 Å². The Labute approximate surface area is 97.4 Å². The summed E-state index contributed by atoms with van der Waals surface area (Å²) in [6, 6.07) is 1.01. The Balaban J connectivity index is 1.84. The van der Waals surface area contributed by atoms with Crippen molar-refractivity contribution in [1.29, 1.82) is 0 Å². The molecule has 1 aliphatic heterocycles. The van der Waals surface area contributed by atoms with Crippen LogP contribution in [0.25, 0.3) is 0 Å². The van der Waals surface area contributed by atoms with Crippen LogP contribution in [-0.4, -0.2) is 47.4 Å². The predicted molar refractivity (Wildman–Crippen MR) is 56.5 cm³/mol. The standard InChI is InChI=1S/C10H15F3N4/c11-10(12,13)9-1-4-17(15-9)8-7-16-5-2-14-3-6-16/h1,4,14H,2-3,5-8H2. The molecule has 0 unspecified atom stereocenters. The van der Waals surface area contributed by atoms with Crippen LogP contribution in [0.4, 0.5) is 13.2 Å². The van der Waals surface area contributed by atoms with Crippen molar-refractivity contribution in [2.24, 2.45) is 0 Å². The SMILES string of the molecule is FC(F)(F)c1ccn(CCN2CCNCC2)n1. The zero-order chi connectivity index (χ0) is 12.3. The third-order valence-electron chi connectivity index (χ3n) is 2.79. The van der Waals surface area contributed by atoms with Crippen molar-refractivity contribution < 1.29 is 13.2 Å². The lowest BCUT2D eigenvalue weighted by Crippen LogP contribution is -2.44. The topological polar surface area (TPSA) is 33.1 Å². The highest BCUT2D eigenvalue weighted by molar-refractivity contribution is 5.03. The second-order valence-corrected chi connectivity index (χ2v) is 4.05. The first-order valence-corrected chi connectivity index (χ1v) is 5.59. The number of hydrogen-bond donors (Lipinski definition) is 1. The largest absolute Gasteiger partial charge is 0.435 e. The maximum absolute atomic E-state index is 12.3. The van der Waals surface area contributed by atoms with E-state index in [-0.39, 0.29) is 0 Å². The molecule has 0 atom stereocenters. The summed E-state index contributed by atoms with van der Waals surface area (Å²) in [6.07, 6.45) is -2.97. The highest BCUT2D eigenvalue weighted by Crippen LogP contribution is 2.27. The number of nitrogens with zero attached hydrogens (tertiary/aromatic N) is 3. The van der Waals surface area contributed by atoms with Crippen LogP contribution >= 0.6 is 0 Å². The summed E-state index contributed by atoms with van der Waals surface area (Å²) in [4.78, 5) is 2.21. The average molecular weight is 248 g/mol. The first-order chi connectivity index (χ1) is 8.05. The van der Waals surface area contributed by atoms with Crippen molar-refractivity contribution in [3.8, 4) is 0 Å². The number of halogens is 3. The summed E-state index contributed by atoms with van der Waals surface area (Å²) in [5, 5.41) is 6.74. The van der Waals surface area contributed by atoms with E-state index in [1.165, 1.54) is 10.9 Å². The van der Waals surface area contributed by atoms with Gasteiger partial charge in [-0.05, 0) is 6.07 Å². The average Bonchev–Trinajstić information content (AvgIpc) is 2.76. The van der Waals surface area contributed by atoms with Gasteiger partial charge in [0.05, 0.1) is 6.54 Å². The van der Waals surface area contributed by atoms with Gasteiger partial charge < -0.3 is 5.32 Å². The van der Waals surface area contributed by atoms with Crippen LogP contribution in [0.1, 0.15) is 5.69 Å². The molecule has 0 amide bonds. The Bertz CT molecular complexity index is 355. The van der Waals surface area contributed by atoms with E-state index < -0.39 is 11.9 Å². The van der Waals surface area contributed by atoms with Gasteiger partial charge in [-0.3, -0.25) is 9.58 Å². The van der Waals surface area contributed by atoms with E-state index in [9.17, 15) is 13.2 Å². The Morgan fingerprint density at radius 1 is 1.24 bits per heavy atom. The lowest BCUT2D eigenvalue weighted by molar-refractivity contribution is -0.141. The molecule has 1 N–H and O–H groups in total. The molecular formula is C10H15F3N4. The summed E-state index contributed by atoms with van der Waals surface area (Å²) in [5.74, 6) is 0. The Morgan fingerprint density at radius 3 is 2.53 bits per heavy atom. The van der Waals surface area contributed by atoms with Crippen molar-refractivity contribution >= 4 is 0 Å². The number of piperazine rings is 1. The van der Waals surface area contributed by atoms with Crippen LogP contribution in [0.3, 0.4) is 0 Å². The Morgan fingerprint density at radius 2 is 1.94 bits per heavy atom. The van der Waals surface area contributed by atoms with Crippen molar-refractivity contribution in [1.82, 2.24) is 20.0 Å². The molecular weight excluding hydrogens is 233 g/mol. The normalized spacial score (nSPS) is 18.5. The van der Waals surface area contributed by atoms with Crippen LogP contribution < -0.4 is 5.32 Å². The molecule has 1 aromatic heterocycles. The lowest BCUT2D eigenvalue weighted by Gasteiger charge is -2.26. The first kappa shape index (κ1) is 12.4. The van der Waals surface area contributed by atoms with Crippen molar-refractivity contribution in [2.75, 3.05) is 32.7 Å². The summed E-state index contributed by atoms with van der Waals surface area (Å²) in [6.45, 7) is 4.98. The van der Waals surface area contributed by atoms with Gasteiger partial charge in [-0.15, -0.1) is 0 Å². The molecule has 96 valence electrons. The molecule has 4 nitrogen and oxygen atoms in total. The molecule has 0 radical (unpaired) electrons. The maximum atomic E-state index is 12.3.